The normalized spacial score (nSPS) is 10.9. The first-order chi connectivity index (χ1) is 17.8. The number of halogens is 1. The van der Waals surface area contributed by atoms with E-state index in [1.54, 1.807) is 0 Å². The van der Waals surface area contributed by atoms with Crippen molar-refractivity contribution in [3.63, 3.8) is 0 Å². The van der Waals surface area contributed by atoms with E-state index in [0.29, 0.717) is 0 Å². The number of hydrogen-bond acceptors (Lipinski definition) is 1. The summed E-state index contributed by atoms with van der Waals surface area (Å²) in [5.74, 6) is 1.73. The molecule has 172 valence electrons. The Balaban J connectivity index is 1.59. The highest BCUT2D eigenvalue weighted by Crippen LogP contribution is 2.48. The van der Waals surface area contributed by atoms with Crippen molar-refractivity contribution < 1.29 is 4.42 Å². The second-order valence-corrected chi connectivity index (χ2v) is 9.13. The molecule has 2 heteroatoms. The van der Waals surface area contributed by atoms with Gasteiger partial charge in [-0.2, -0.15) is 0 Å². The molecule has 0 amide bonds. The van der Waals surface area contributed by atoms with Crippen molar-refractivity contribution in [2.75, 3.05) is 0 Å². The Morgan fingerprint density at radius 3 is 1.28 bits per heavy atom. The third-order valence-corrected chi connectivity index (χ3v) is 6.61. The molecule has 0 aliphatic heterocycles. The van der Waals surface area contributed by atoms with E-state index >= 15 is 0 Å². The zero-order valence-corrected chi connectivity index (χ0v) is 20.3. The molecule has 0 aliphatic rings. The molecular formula is C34H23ClO. The third kappa shape index (κ3) is 4.26. The minimum atomic E-state index is 0.731. The highest BCUT2D eigenvalue weighted by Gasteiger charge is 2.24. The SMILES string of the molecule is Clc1cccc(-c2ccc(-c3oc(-c4ccccc4)c(-c4ccccc4)c3-c3ccccc3)cc2)c1. The van der Waals surface area contributed by atoms with Gasteiger partial charge in [0.2, 0.25) is 0 Å². The minimum Gasteiger partial charge on any atom is -0.455 e. The standard InChI is InChI=1S/C34H23ClO/c35-30-18-10-17-29(23-30)24-19-21-28(22-20-24)34-32(26-13-6-2-7-14-26)31(25-11-4-1-5-12-25)33(36-34)27-15-8-3-9-16-27/h1-23H. The van der Waals surface area contributed by atoms with Crippen LogP contribution in [0, 0.1) is 0 Å². The summed E-state index contributed by atoms with van der Waals surface area (Å²) in [6, 6.07) is 47.8. The molecule has 36 heavy (non-hydrogen) atoms. The highest BCUT2D eigenvalue weighted by atomic mass is 35.5. The predicted octanol–water partition coefficient (Wildman–Crippen LogP) is 10.3. The van der Waals surface area contributed by atoms with Crippen LogP contribution in [0.1, 0.15) is 0 Å². The average molecular weight is 483 g/mol. The quantitative estimate of drug-likeness (QED) is 0.238. The van der Waals surface area contributed by atoms with Crippen molar-refractivity contribution in [1.82, 2.24) is 0 Å². The van der Waals surface area contributed by atoms with Crippen LogP contribution >= 0.6 is 11.6 Å². The first kappa shape index (κ1) is 22.2. The summed E-state index contributed by atoms with van der Waals surface area (Å²) in [6.45, 7) is 0. The molecule has 6 rings (SSSR count). The summed E-state index contributed by atoms with van der Waals surface area (Å²) in [6.07, 6.45) is 0. The van der Waals surface area contributed by atoms with Gasteiger partial charge in [0.15, 0.2) is 0 Å². The van der Waals surface area contributed by atoms with Crippen LogP contribution in [-0.4, -0.2) is 0 Å². The molecule has 0 radical (unpaired) electrons. The minimum absolute atomic E-state index is 0.731. The molecule has 1 heterocycles. The van der Waals surface area contributed by atoms with Gasteiger partial charge in [-0.3, -0.25) is 0 Å². The van der Waals surface area contributed by atoms with Crippen molar-refractivity contribution in [1.29, 1.82) is 0 Å². The second kappa shape index (κ2) is 9.73. The summed E-state index contributed by atoms with van der Waals surface area (Å²) in [5, 5.41) is 0.731. The maximum Gasteiger partial charge on any atom is 0.143 e. The van der Waals surface area contributed by atoms with E-state index in [1.807, 2.05) is 48.5 Å². The zero-order valence-electron chi connectivity index (χ0n) is 19.6. The van der Waals surface area contributed by atoms with Crippen molar-refractivity contribution in [2.24, 2.45) is 0 Å². The van der Waals surface area contributed by atoms with E-state index in [0.717, 1.165) is 61.1 Å². The first-order valence-electron chi connectivity index (χ1n) is 12.0. The Morgan fingerprint density at radius 1 is 0.361 bits per heavy atom. The van der Waals surface area contributed by atoms with E-state index in [1.165, 1.54) is 0 Å². The molecule has 5 aromatic carbocycles. The molecular weight excluding hydrogens is 460 g/mol. The molecule has 0 spiro atoms. The molecule has 0 unspecified atom stereocenters. The molecule has 0 saturated carbocycles. The van der Waals surface area contributed by atoms with E-state index in [2.05, 4.69) is 91.0 Å². The Morgan fingerprint density at radius 2 is 0.778 bits per heavy atom. The topological polar surface area (TPSA) is 13.1 Å². The van der Waals surface area contributed by atoms with Crippen molar-refractivity contribution in [2.45, 2.75) is 0 Å². The smallest absolute Gasteiger partial charge is 0.143 e. The van der Waals surface area contributed by atoms with Gasteiger partial charge in [-0.25, -0.2) is 0 Å². The first-order valence-corrected chi connectivity index (χ1v) is 12.3. The van der Waals surface area contributed by atoms with Crippen LogP contribution < -0.4 is 0 Å². The van der Waals surface area contributed by atoms with Gasteiger partial charge in [-0.15, -0.1) is 0 Å². The van der Waals surface area contributed by atoms with E-state index in [-0.39, 0.29) is 0 Å². The van der Waals surface area contributed by atoms with Crippen LogP contribution in [0.15, 0.2) is 144 Å². The maximum atomic E-state index is 6.77. The van der Waals surface area contributed by atoms with Gasteiger partial charge in [0.1, 0.15) is 11.5 Å². The number of benzene rings is 5. The molecule has 0 atom stereocenters. The molecule has 0 aliphatic carbocycles. The van der Waals surface area contributed by atoms with Crippen molar-refractivity contribution in [3.05, 3.63) is 145 Å². The van der Waals surface area contributed by atoms with Gasteiger partial charge in [0.05, 0.1) is 0 Å². The Kier molecular flexibility index (Phi) is 5.99. The highest BCUT2D eigenvalue weighted by molar-refractivity contribution is 6.30. The predicted molar refractivity (Wildman–Crippen MR) is 151 cm³/mol. The van der Waals surface area contributed by atoms with Crippen LogP contribution in [0.2, 0.25) is 5.02 Å². The lowest BCUT2D eigenvalue weighted by Crippen LogP contribution is -1.86. The molecule has 1 aromatic heterocycles. The maximum absolute atomic E-state index is 6.77. The lowest BCUT2D eigenvalue weighted by molar-refractivity contribution is 0.599. The summed E-state index contributed by atoms with van der Waals surface area (Å²) in [5.41, 5.74) is 8.72. The fraction of sp³-hybridized carbons (Fsp3) is 0. The van der Waals surface area contributed by atoms with Gasteiger partial charge in [-0.05, 0) is 34.4 Å². The van der Waals surface area contributed by atoms with Crippen molar-refractivity contribution in [3.8, 4) is 56.0 Å². The van der Waals surface area contributed by atoms with Gasteiger partial charge in [-0.1, -0.05) is 139 Å². The van der Waals surface area contributed by atoms with Gasteiger partial charge in [0, 0.05) is 27.3 Å². The number of furan rings is 1. The molecule has 6 aromatic rings. The van der Waals surface area contributed by atoms with Gasteiger partial charge >= 0.3 is 0 Å². The Hall–Kier alpha value is -4.33. The zero-order chi connectivity index (χ0) is 24.3. The van der Waals surface area contributed by atoms with Crippen LogP contribution in [0.4, 0.5) is 0 Å². The van der Waals surface area contributed by atoms with Crippen LogP contribution in [0.3, 0.4) is 0 Å². The van der Waals surface area contributed by atoms with E-state index < -0.39 is 0 Å². The number of hydrogen-bond donors (Lipinski definition) is 0. The lowest BCUT2D eigenvalue weighted by Gasteiger charge is -2.09. The molecule has 1 nitrogen and oxygen atoms in total. The van der Waals surface area contributed by atoms with Crippen LogP contribution in [0.5, 0.6) is 0 Å². The third-order valence-electron chi connectivity index (χ3n) is 6.37. The fourth-order valence-electron chi connectivity index (χ4n) is 4.67. The van der Waals surface area contributed by atoms with Crippen LogP contribution in [0.25, 0.3) is 56.0 Å². The molecule has 0 N–H and O–H groups in total. The fourth-order valence-corrected chi connectivity index (χ4v) is 4.86. The van der Waals surface area contributed by atoms with Crippen LogP contribution in [-0.2, 0) is 0 Å². The number of rotatable bonds is 5. The molecule has 0 fully saturated rings. The van der Waals surface area contributed by atoms with Crippen molar-refractivity contribution >= 4 is 11.6 Å². The van der Waals surface area contributed by atoms with Gasteiger partial charge < -0.3 is 4.42 Å². The molecule has 0 saturated heterocycles. The largest absolute Gasteiger partial charge is 0.455 e. The average Bonchev–Trinajstić information content (AvgIpc) is 3.35. The Bertz CT molecular complexity index is 1600. The van der Waals surface area contributed by atoms with E-state index in [9.17, 15) is 0 Å². The summed E-state index contributed by atoms with van der Waals surface area (Å²) in [4.78, 5) is 0. The Labute approximate surface area is 216 Å². The summed E-state index contributed by atoms with van der Waals surface area (Å²) >= 11 is 6.23. The monoisotopic (exact) mass is 482 g/mol. The summed E-state index contributed by atoms with van der Waals surface area (Å²) in [7, 11) is 0. The lowest BCUT2D eigenvalue weighted by atomic mass is 9.91. The molecule has 0 bridgehead atoms. The van der Waals surface area contributed by atoms with E-state index in [4.69, 9.17) is 16.0 Å². The summed E-state index contributed by atoms with van der Waals surface area (Å²) < 4.78 is 6.77. The van der Waals surface area contributed by atoms with Gasteiger partial charge in [0.25, 0.3) is 0 Å². The second-order valence-electron chi connectivity index (χ2n) is 8.70.